The number of aromatic nitrogens is 1. The largest absolute Gasteiger partial charge is 0.355 e. The maximum Gasteiger partial charge on any atom is 0.0796 e. The summed E-state index contributed by atoms with van der Waals surface area (Å²) in [6.45, 7) is 4.54. The summed E-state index contributed by atoms with van der Waals surface area (Å²) in [5.74, 6) is 0. The Labute approximate surface area is 140 Å². The lowest BCUT2D eigenvalue weighted by atomic mass is 10.1. The Kier molecular flexibility index (Phi) is 5.87. The highest BCUT2D eigenvalue weighted by Gasteiger charge is 2.22. The highest BCUT2D eigenvalue weighted by molar-refractivity contribution is 5.91. The summed E-state index contributed by atoms with van der Waals surface area (Å²) >= 11 is 0. The van der Waals surface area contributed by atoms with Crippen LogP contribution >= 0.6 is 0 Å². The van der Waals surface area contributed by atoms with Crippen LogP contribution in [-0.2, 0) is 0 Å². The molecule has 2 heterocycles. The van der Waals surface area contributed by atoms with E-state index >= 15 is 0 Å². The molecule has 1 aliphatic heterocycles. The third-order valence-corrected chi connectivity index (χ3v) is 4.85. The molecular weight excluding hydrogens is 282 g/mol. The third kappa shape index (κ3) is 4.03. The van der Waals surface area contributed by atoms with Gasteiger partial charge < -0.3 is 4.90 Å². The number of nitrogens with zero attached hydrogens (tertiary/aromatic N) is 2. The molecule has 0 aliphatic carbocycles. The van der Waals surface area contributed by atoms with Gasteiger partial charge in [-0.25, -0.2) is 0 Å². The van der Waals surface area contributed by atoms with E-state index in [-0.39, 0.29) is 0 Å². The Balaban J connectivity index is 1.85. The fraction of sp³-hybridized carbons (Fsp3) is 0.550. The van der Waals surface area contributed by atoms with Gasteiger partial charge in [0, 0.05) is 23.8 Å². The first-order valence-corrected chi connectivity index (χ1v) is 9.24. The van der Waals surface area contributed by atoms with Gasteiger partial charge in [0.25, 0.3) is 0 Å². The number of unbranched alkanes of at least 4 members (excludes halogenated alkanes) is 3. The summed E-state index contributed by atoms with van der Waals surface area (Å²) in [6.07, 6.45) is 11.5. The van der Waals surface area contributed by atoms with Crippen molar-refractivity contribution in [2.24, 2.45) is 0 Å². The van der Waals surface area contributed by atoms with E-state index in [1.807, 2.05) is 6.20 Å². The van der Waals surface area contributed by atoms with E-state index in [1.165, 1.54) is 56.0 Å². The second-order valence-corrected chi connectivity index (χ2v) is 6.57. The zero-order valence-corrected chi connectivity index (χ0v) is 14.3. The Bertz CT molecular complexity index is 599. The molecule has 3 nitrogen and oxygen atoms in total. The van der Waals surface area contributed by atoms with Crippen LogP contribution < -0.4 is 10.2 Å². The van der Waals surface area contributed by atoms with Gasteiger partial charge in [-0.2, -0.15) is 0 Å². The second-order valence-electron chi connectivity index (χ2n) is 6.57. The molecule has 1 N–H and O–H groups in total. The predicted molar refractivity (Wildman–Crippen MR) is 98.9 cm³/mol. The van der Waals surface area contributed by atoms with Crippen molar-refractivity contribution >= 4 is 16.6 Å². The Morgan fingerprint density at radius 1 is 1.13 bits per heavy atom. The summed E-state index contributed by atoms with van der Waals surface area (Å²) < 4.78 is 0. The number of hydrogen-bond donors (Lipinski definition) is 1. The van der Waals surface area contributed by atoms with E-state index in [2.05, 4.69) is 52.5 Å². The monoisotopic (exact) mass is 311 g/mol. The lowest BCUT2D eigenvalue weighted by Crippen LogP contribution is -2.49. The van der Waals surface area contributed by atoms with Crippen LogP contribution in [0.3, 0.4) is 0 Å². The van der Waals surface area contributed by atoms with Crippen LogP contribution in [0.25, 0.3) is 10.9 Å². The van der Waals surface area contributed by atoms with E-state index < -0.39 is 0 Å². The quantitative estimate of drug-likeness (QED) is 0.750. The lowest BCUT2D eigenvalue weighted by Gasteiger charge is -2.37. The van der Waals surface area contributed by atoms with Crippen LogP contribution in [0.2, 0.25) is 0 Å². The number of pyridine rings is 1. The number of rotatable bonds is 7. The highest BCUT2D eigenvalue weighted by atomic mass is 15.3. The van der Waals surface area contributed by atoms with Gasteiger partial charge in [0.2, 0.25) is 0 Å². The smallest absolute Gasteiger partial charge is 0.0796 e. The molecule has 0 bridgehead atoms. The zero-order chi connectivity index (χ0) is 15.9. The van der Waals surface area contributed by atoms with Crippen LogP contribution in [0.15, 0.2) is 36.5 Å². The molecule has 0 spiro atoms. The van der Waals surface area contributed by atoms with Crippen LogP contribution in [-0.4, -0.2) is 24.2 Å². The molecule has 1 aromatic carbocycles. The summed E-state index contributed by atoms with van der Waals surface area (Å²) in [7, 11) is 0. The first kappa shape index (κ1) is 16.3. The molecule has 1 aromatic heterocycles. The Hall–Kier alpha value is -1.61. The minimum atomic E-state index is 0.469. The maximum absolute atomic E-state index is 4.53. The van der Waals surface area contributed by atoms with Gasteiger partial charge in [0.05, 0.1) is 11.7 Å². The minimum absolute atomic E-state index is 0.469. The third-order valence-electron chi connectivity index (χ3n) is 4.85. The van der Waals surface area contributed by atoms with Gasteiger partial charge in [-0.3, -0.25) is 10.3 Å². The molecule has 124 valence electrons. The van der Waals surface area contributed by atoms with Gasteiger partial charge in [0.1, 0.15) is 0 Å². The number of benzene rings is 1. The summed E-state index contributed by atoms with van der Waals surface area (Å²) in [4.78, 5) is 7.13. The average molecular weight is 311 g/mol. The van der Waals surface area contributed by atoms with Crippen molar-refractivity contribution in [3.63, 3.8) is 0 Å². The number of hydrogen-bond acceptors (Lipinski definition) is 3. The molecule has 0 amide bonds. The molecule has 0 radical (unpaired) electrons. The maximum atomic E-state index is 4.53. The Morgan fingerprint density at radius 3 is 2.87 bits per heavy atom. The fourth-order valence-corrected chi connectivity index (χ4v) is 3.58. The van der Waals surface area contributed by atoms with E-state index in [1.54, 1.807) is 0 Å². The van der Waals surface area contributed by atoms with Crippen molar-refractivity contribution in [1.82, 2.24) is 10.3 Å². The number of para-hydroxylation sites is 1. The summed E-state index contributed by atoms with van der Waals surface area (Å²) in [6, 6.07) is 10.7. The van der Waals surface area contributed by atoms with Crippen LogP contribution in [0.1, 0.15) is 51.9 Å². The molecule has 3 heteroatoms. The molecule has 1 unspecified atom stereocenters. The van der Waals surface area contributed by atoms with Gasteiger partial charge in [-0.05, 0) is 44.4 Å². The van der Waals surface area contributed by atoms with Crippen LogP contribution in [0.4, 0.5) is 5.69 Å². The second kappa shape index (κ2) is 8.30. The van der Waals surface area contributed by atoms with Crippen LogP contribution in [0.5, 0.6) is 0 Å². The number of nitrogens with one attached hydrogen (secondary N) is 1. The summed E-state index contributed by atoms with van der Waals surface area (Å²) in [5, 5.41) is 5.00. The topological polar surface area (TPSA) is 28.2 Å². The van der Waals surface area contributed by atoms with E-state index in [0.717, 1.165) is 18.6 Å². The lowest BCUT2D eigenvalue weighted by molar-refractivity contribution is 0.382. The normalized spacial score (nSPS) is 18.2. The predicted octanol–water partition coefficient (Wildman–Crippen LogP) is 4.72. The van der Waals surface area contributed by atoms with Crippen molar-refractivity contribution in [3.05, 3.63) is 36.5 Å². The SMILES string of the molecule is CCCCCCN(c1ccnc2ccccc12)C1CCCCN1. The van der Waals surface area contributed by atoms with Crippen molar-refractivity contribution in [3.8, 4) is 0 Å². The van der Waals surface area contributed by atoms with Gasteiger partial charge in [-0.15, -0.1) is 0 Å². The Morgan fingerprint density at radius 2 is 2.04 bits per heavy atom. The number of piperidine rings is 1. The molecule has 1 aliphatic rings. The van der Waals surface area contributed by atoms with E-state index in [0.29, 0.717) is 6.17 Å². The molecule has 1 saturated heterocycles. The van der Waals surface area contributed by atoms with Crippen molar-refractivity contribution in [1.29, 1.82) is 0 Å². The van der Waals surface area contributed by atoms with Gasteiger partial charge in [0.15, 0.2) is 0 Å². The molecule has 2 aromatic rings. The van der Waals surface area contributed by atoms with Gasteiger partial charge in [-0.1, -0.05) is 44.4 Å². The number of anilines is 1. The molecule has 3 rings (SSSR count). The zero-order valence-electron chi connectivity index (χ0n) is 14.3. The van der Waals surface area contributed by atoms with Crippen LogP contribution in [0, 0.1) is 0 Å². The first-order chi connectivity index (χ1) is 11.4. The van der Waals surface area contributed by atoms with Crippen molar-refractivity contribution in [2.45, 2.75) is 58.0 Å². The van der Waals surface area contributed by atoms with E-state index in [4.69, 9.17) is 0 Å². The van der Waals surface area contributed by atoms with Crippen molar-refractivity contribution < 1.29 is 0 Å². The first-order valence-electron chi connectivity index (χ1n) is 9.24. The van der Waals surface area contributed by atoms with E-state index in [9.17, 15) is 0 Å². The fourth-order valence-electron chi connectivity index (χ4n) is 3.58. The molecule has 1 atom stereocenters. The highest BCUT2D eigenvalue weighted by Crippen LogP contribution is 2.28. The molecular formula is C20H29N3. The molecule has 0 saturated carbocycles. The number of fused-ring (bicyclic) bond motifs is 1. The molecule has 1 fully saturated rings. The van der Waals surface area contributed by atoms with Crippen molar-refractivity contribution in [2.75, 3.05) is 18.0 Å². The molecule has 23 heavy (non-hydrogen) atoms. The average Bonchev–Trinajstić information content (AvgIpc) is 2.62. The standard InChI is InChI=1S/C20H29N3/c1-2-3-4-9-16-23(20-12-7-8-14-22-20)19-13-15-21-18-11-6-5-10-17(18)19/h5-6,10-11,13,15,20,22H,2-4,7-9,12,14,16H2,1H3. The minimum Gasteiger partial charge on any atom is -0.355 e. The van der Waals surface area contributed by atoms with Gasteiger partial charge >= 0.3 is 0 Å². The summed E-state index contributed by atoms with van der Waals surface area (Å²) in [5.41, 5.74) is 2.44.